The summed E-state index contributed by atoms with van der Waals surface area (Å²) in [5.74, 6) is 0.411. The van der Waals surface area contributed by atoms with Crippen molar-refractivity contribution in [1.29, 1.82) is 0 Å². The second-order valence-electron chi connectivity index (χ2n) is 6.83. The topological polar surface area (TPSA) is 50.7 Å². The zero-order chi connectivity index (χ0) is 21.6. The summed E-state index contributed by atoms with van der Waals surface area (Å²) < 4.78 is 7.95. The molecule has 1 N–H and O–H groups in total. The van der Waals surface area contributed by atoms with E-state index in [1.54, 1.807) is 24.4 Å². The van der Waals surface area contributed by atoms with Crippen molar-refractivity contribution < 1.29 is 9.53 Å². The highest BCUT2D eigenvalue weighted by Crippen LogP contribution is 2.27. The normalized spacial score (nSPS) is 11.0. The van der Waals surface area contributed by atoms with Crippen LogP contribution in [0, 0.1) is 0 Å². The molecule has 31 heavy (non-hydrogen) atoms. The minimum Gasteiger partial charge on any atom is -0.488 e. The van der Waals surface area contributed by atoms with Gasteiger partial charge in [0.25, 0.3) is 5.91 Å². The van der Waals surface area contributed by atoms with E-state index >= 15 is 0 Å². The molecule has 0 radical (unpaired) electrons. The van der Waals surface area contributed by atoms with Crippen LogP contribution in [0.2, 0.25) is 0 Å². The monoisotopic (exact) mass is 536 g/mol. The summed E-state index contributed by atoms with van der Waals surface area (Å²) in [6.07, 6.45) is 1.63. The molecule has 6 heteroatoms. The maximum atomic E-state index is 12.4. The van der Waals surface area contributed by atoms with E-state index in [1.165, 1.54) is 0 Å². The lowest BCUT2D eigenvalue weighted by Gasteiger charge is -2.12. The molecule has 4 rings (SSSR count). The van der Waals surface area contributed by atoms with Gasteiger partial charge in [0, 0.05) is 20.1 Å². The van der Waals surface area contributed by atoms with E-state index in [-0.39, 0.29) is 5.91 Å². The summed E-state index contributed by atoms with van der Waals surface area (Å²) in [6, 6.07) is 27.1. The van der Waals surface area contributed by atoms with Crippen molar-refractivity contribution >= 4 is 54.8 Å². The first-order valence-electron chi connectivity index (χ1n) is 9.58. The van der Waals surface area contributed by atoms with Gasteiger partial charge >= 0.3 is 0 Å². The average Bonchev–Trinajstić information content (AvgIpc) is 2.78. The van der Waals surface area contributed by atoms with Crippen LogP contribution in [0.25, 0.3) is 10.8 Å². The summed E-state index contributed by atoms with van der Waals surface area (Å²) in [5.41, 5.74) is 4.98. The van der Waals surface area contributed by atoms with Gasteiger partial charge in [0.05, 0.1) is 6.21 Å². The highest BCUT2D eigenvalue weighted by Gasteiger charge is 2.09. The number of nitrogens with zero attached hydrogens (tertiary/aromatic N) is 1. The third-order valence-electron chi connectivity index (χ3n) is 4.66. The number of halogens is 2. The van der Waals surface area contributed by atoms with Gasteiger partial charge in [0.1, 0.15) is 12.4 Å². The molecule has 0 bridgehead atoms. The average molecular weight is 538 g/mol. The van der Waals surface area contributed by atoms with Crippen molar-refractivity contribution in [2.24, 2.45) is 5.10 Å². The smallest absolute Gasteiger partial charge is 0.271 e. The predicted octanol–water partition coefficient (Wildman–Crippen LogP) is 6.71. The van der Waals surface area contributed by atoms with Crippen LogP contribution in [0.4, 0.5) is 0 Å². The van der Waals surface area contributed by atoms with Gasteiger partial charge < -0.3 is 4.74 Å². The van der Waals surface area contributed by atoms with E-state index in [0.29, 0.717) is 17.9 Å². The molecular formula is C25H18Br2N2O2. The van der Waals surface area contributed by atoms with Gasteiger partial charge in [-0.15, -0.1) is 0 Å². The lowest BCUT2D eigenvalue weighted by Crippen LogP contribution is -2.17. The molecule has 0 aliphatic heterocycles. The van der Waals surface area contributed by atoms with E-state index in [1.807, 2.05) is 66.7 Å². The van der Waals surface area contributed by atoms with Gasteiger partial charge in [-0.05, 0) is 52.7 Å². The Morgan fingerprint density at radius 3 is 2.48 bits per heavy atom. The SMILES string of the molecule is O=C(NN=Cc1c(OCc2cccc(Br)c2)ccc2ccccc12)c1cccc(Br)c1. The fourth-order valence-electron chi connectivity index (χ4n) is 3.17. The minimum absolute atomic E-state index is 0.283. The molecule has 0 saturated carbocycles. The highest BCUT2D eigenvalue weighted by atomic mass is 79.9. The maximum absolute atomic E-state index is 12.4. The third kappa shape index (κ3) is 5.40. The number of carbonyl (C=O) groups excluding carboxylic acids is 1. The van der Waals surface area contributed by atoms with Crippen LogP contribution in [0.15, 0.2) is 99.0 Å². The molecule has 1 amide bonds. The highest BCUT2D eigenvalue weighted by molar-refractivity contribution is 9.10. The first kappa shape index (κ1) is 21.3. The molecule has 0 aliphatic carbocycles. The van der Waals surface area contributed by atoms with E-state index < -0.39 is 0 Å². The Labute approximate surface area is 197 Å². The van der Waals surface area contributed by atoms with Crippen LogP contribution in [0.3, 0.4) is 0 Å². The van der Waals surface area contributed by atoms with E-state index in [2.05, 4.69) is 42.4 Å². The summed E-state index contributed by atoms with van der Waals surface area (Å²) in [6.45, 7) is 0.420. The fraction of sp³-hybridized carbons (Fsp3) is 0.0400. The minimum atomic E-state index is -0.283. The molecule has 4 nitrogen and oxygen atoms in total. The number of hydrogen-bond acceptors (Lipinski definition) is 3. The van der Waals surface area contributed by atoms with Crippen molar-refractivity contribution in [2.45, 2.75) is 6.61 Å². The number of ether oxygens (including phenoxy) is 1. The van der Waals surface area contributed by atoms with Gasteiger partial charge in [-0.25, -0.2) is 5.43 Å². The lowest BCUT2D eigenvalue weighted by atomic mass is 10.0. The number of fused-ring (bicyclic) bond motifs is 1. The Morgan fingerprint density at radius 1 is 0.903 bits per heavy atom. The molecule has 4 aromatic rings. The Morgan fingerprint density at radius 2 is 1.68 bits per heavy atom. The number of hydrazone groups is 1. The summed E-state index contributed by atoms with van der Waals surface area (Å²) in [5, 5.41) is 6.26. The van der Waals surface area contributed by atoms with Crippen molar-refractivity contribution in [3.05, 3.63) is 111 Å². The third-order valence-corrected chi connectivity index (χ3v) is 5.65. The zero-order valence-corrected chi connectivity index (χ0v) is 19.6. The van der Waals surface area contributed by atoms with E-state index in [9.17, 15) is 4.79 Å². The predicted molar refractivity (Wildman–Crippen MR) is 132 cm³/mol. The molecule has 0 aromatic heterocycles. The molecule has 0 spiro atoms. The molecule has 0 atom stereocenters. The van der Waals surface area contributed by atoms with Gasteiger partial charge in [-0.1, -0.05) is 80.4 Å². The molecule has 154 valence electrons. The number of rotatable bonds is 6. The first-order valence-corrected chi connectivity index (χ1v) is 11.2. The largest absolute Gasteiger partial charge is 0.488 e. The molecule has 0 unspecified atom stereocenters. The van der Waals surface area contributed by atoms with Gasteiger partial charge in [0.15, 0.2) is 0 Å². The lowest BCUT2D eigenvalue weighted by molar-refractivity contribution is 0.0955. The molecule has 0 fully saturated rings. The standard InChI is InChI=1S/C25H18Br2N2O2/c26-20-8-3-5-17(13-20)16-31-24-12-11-18-6-1-2-10-22(18)23(24)15-28-29-25(30)19-7-4-9-21(27)14-19/h1-15H,16H2,(H,29,30). The van der Waals surface area contributed by atoms with E-state index in [4.69, 9.17) is 4.74 Å². The van der Waals surface area contributed by atoms with Crippen molar-refractivity contribution in [3.63, 3.8) is 0 Å². The number of benzene rings is 4. The zero-order valence-electron chi connectivity index (χ0n) is 16.4. The second kappa shape index (κ2) is 9.90. The Hall–Kier alpha value is -2.96. The van der Waals surface area contributed by atoms with Crippen LogP contribution >= 0.6 is 31.9 Å². The Kier molecular flexibility index (Phi) is 6.79. The molecule has 0 aliphatic rings. The first-order chi connectivity index (χ1) is 15.1. The number of carbonyl (C=O) groups is 1. The van der Waals surface area contributed by atoms with Crippen molar-refractivity contribution in [3.8, 4) is 5.75 Å². The van der Waals surface area contributed by atoms with Gasteiger partial charge in [0.2, 0.25) is 0 Å². The van der Waals surface area contributed by atoms with Crippen LogP contribution in [0.1, 0.15) is 21.5 Å². The van der Waals surface area contributed by atoms with Crippen LogP contribution in [0.5, 0.6) is 5.75 Å². The fourth-order valence-corrected chi connectivity index (χ4v) is 4.02. The van der Waals surface area contributed by atoms with Crippen LogP contribution in [-0.4, -0.2) is 12.1 Å². The van der Waals surface area contributed by atoms with Gasteiger partial charge in [-0.3, -0.25) is 4.79 Å². The summed E-state index contributed by atoms with van der Waals surface area (Å²) in [7, 11) is 0. The van der Waals surface area contributed by atoms with Gasteiger partial charge in [-0.2, -0.15) is 5.10 Å². The maximum Gasteiger partial charge on any atom is 0.271 e. The molecule has 4 aromatic carbocycles. The number of hydrogen-bond donors (Lipinski definition) is 1. The number of amides is 1. The van der Waals surface area contributed by atoms with Crippen LogP contribution in [-0.2, 0) is 6.61 Å². The molecular weight excluding hydrogens is 520 g/mol. The Bertz CT molecular complexity index is 1270. The van der Waals surface area contributed by atoms with Crippen LogP contribution < -0.4 is 10.2 Å². The van der Waals surface area contributed by atoms with Crippen molar-refractivity contribution in [2.75, 3.05) is 0 Å². The second-order valence-corrected chi connectivity index (χ2v) is 8.66. The number of nitrogens with one attached hydrogen (secondary N) is 1. The summed E-state index contributed by atoms with van der Waals surface area (Å²) in [4.78, 5) is 12.4. The Balaban J connectivity index is 1.59. The quantitative estimate of drug-likeness (QED) is 0.219. The van der Waals surface area contributed by atoms with Crippen molar-refractivity contribution in [1.82, 2.24) is 5.43 Å². The molecule has 0 saturated heterocycles. The molecule has 0 heterocycles. The summed E-state index contributed by atoms with van der Waals surface area (Å²) >= 11 is 6.86. The van der Waals surface area contributed by atoms with E-state index in [0.717, 1.165) is 30.8 Å².